The standard InChI is InChI=1S/Al.Na.O5Si2.O/c;;1-6-4-7(2,3)5-6;/q2*+1;-2;. The van der Waals surface area contributed by atoms with E-state index in [2.05, 4.69) is 11.7 Å². The fourth-order valence-corrected chi connectivity index (χ4v) is 3.74. The summed E-state index contributed by atoms with van der Waals surface area (Å²) in [5, 5.41) is 0. The molecule has 0 atom stereocenters. The van der Waals surface area contributed by atoms with Gasteiger partial charge in [0.15, 0.2) is 0 Å². The van der Waals surface area contributed by atoms with Crippen LogP contribution in [0.5, 0.6) is 0 Å². The molecule has 0 saturated carbocycles. The van der Waals surface area contributed by atoms with E-state index in [9.17, 15) is 13.1 Å². The van der Waals surface area contributed by atoms with Crippen molar-refractivity contribution in [1.82, 2.24) is 0 Å². The zero-order valence-electron chi connectivity index (χ0n) is 5.03. The molecule has 1 aliphatic heterocycles. The molecule has 0 aromatic rings. The van der Waals surface area contributed by atoms with Crippen molar-refractivity contribution in [2.45, 2.75) is 0 Å². The van der Waals surface area contributed by atoms with Crippen LogP contribution < -0.4 is 34.4 Å². The SMILES string of the molecule is [Na+].[O]=[Al][O][Si]1([O-])O[Si](=O)O1. The Morgan fingerprint density at radius 1 is 1.60 bits per heavy atom. The van der Waals surface area contributed by atoms with Crippen LogP contribution in [-0.4, -0.2) is 33.7 Å². The van der Waals surface area contributed by atoms with Gasteiger partial charge in [-0.3, -0.25) is 0 Å². The summed E-state index contributed by atoms with van der Waals surface area (Å²) in [6.45, 7) is 0. The summed E-state index contributed by atoms with van der Waals surface area (Å²) >= 11 is -1.63. The van der Waals surface area contributed by atoms with Crippen molar-refractivity contribution in [3.05, 3.63) is 0 Å². The second kappa shape index (κ2) is 4.08. The maximum absolute atomic E-state index is 10.5. The molecule has 0 spiro atoms. The fraction of sp³-hybridized carbons (Fsp3) is 0. The normalized spacial score (nSPS) is 18.3. The Bertz CT molecular complexity index is 144. The number of hydrogen-bond acceptors (Lipinski definition) is 6. The van der Waals surface area contributed by atoms with E-state index in [1.54, 1.807) is 0 Å². The summed E-state index contributed by atoms with van der Waals surface area (Å²) in [5.41, 5.74) is 0. The van der Waals surface area contributed by atoms with Gasteiger partial charge in [0.2, 0.25) is 0 Å². The molecule has 10 heteroatoms. The van der Waals surface area contributed by atoms with Gasteiger partial charge in [-0.15, -0.1) is 0 Å². The average molecular weight is 202 g/mol. The molecule has 1 heterocycles. The molecule has 1 fully saturated rings. The van der Waals surface area contributed by atoms with Crippen molar-refractivity contribution >= 4 is 33.7 Å². The van der Waals surface area contributed by atoms with Crippen LogP contribution in [0.3, 0.4) is 0 Å². The summed E-state index contributed by atoms with van der Waals surface area (Å²) in [5.74, 6) is 0. The van der Waals surface area contributed by atoms with E-state index < -0.39 is 33.7 Å². The Hall–Kier alpha value is 0.926. The van der Waals surface area contributed by atoms with Gasteiger partial charge in [-0.1, -0.05) is 0 Å². The van der Waals surface area contributed by atoms with Crippen LogP contribution in [0, 0.1) is 0 Å². The predicted octanol–water partition coefficient (Wildman–Crippen LogP) is -5.77. The van der Waals surface area contributed by atoms with E-state index >= 15 is 0 Å². The fourth-order valence-electron chi connectivity index (χ4n) is 0.319. The van der Waals surface area contributed by atoms with Gasteiger partial charge in [-0.2, -0.15) is 0 Å². The maximum atomic E-state index is 10.5. The molecule has 10 heavy (non-hydrogen) atoms. The van der Waals surface area contributed by atoms with Gasteiger partial charge < -0.3 is 0 Å². The minimum absolute atomic E-state index is 0. The molecule has 1 aliphatic rings. The molecule has 0 aliphatic carbocycles. The van der Waals surface area contributed by atoms with Gasteiger partial charge in [0.05, 0.1) is 0 Å². The summed E-state index contributed by atoms with van der Waals surface area (Å²) in [4.78, 5) is 10.5. The van der Waals surface area contributed by atoms with Crippen molar-refractivity contribution in [2.75, 3.05) is 0 Å². The summed E-state index contributed by atoms with van der Waals surface area (Å²) in [6, 6.07) is 0. The Morgan fingerprint density at radius 3 is 2.40 bits per heavy atom. The Labute approximate surface area is 87.4 Å². The minimum atomic E-state index is -3.85. The van der Waals surface area contributed by atoms with E-state index in [4.69, 9.17) is 0 Å². The predicted molar refractivity (Wildman–Crippen MR) is 21.9 cm³/mol. The van der Waals surface area contributed by atoms with Crippen molar-refractivity contribution in [1.29, 1.82) is 0 Å². The topological polar surface area (TPSA) is 84.9 Å². The van der Waals surface area contributed by atoms with Crippen LogP contribution in [0.4, 0.5) is 0 Å². The van der Waals surface area contributed by atoms with E-state index in [1.807, 2.05) is 0 Å². The van der Waals surface area contributed by atoms with Gasteiger partial charge >= 0.3 is 88.0 Å². The van der Waals surface area contributed by atoms with Crippen LogP contribution in [-0.2, 0) is 20.0 Å². The Kier molecular flexibility index (Phi) is 4.46. The zero-order chi connectivity index (χ0) is 6.91. The van der Waals surface area contributed by atoms with Gasteiger partial charge in [0.1, 0.15) is 0 Å². The second-order valence-corrected chi connectivity index (χ2v) is 5.44. The monoisotopic (exact) mass is 202 g/mol. The molecule has 0 aromatic carbocycles. The molecule has 0 radical (unpaired) electrons. The molecule has 1 saturated heterocycles. The molecule has 48 valence electrons. The van der Waals surface area contributed by atoms with E-state index in [0.717, 1.165) is 0 Å². The summed E-state index contributed by atoms with van der Waals surface area (Å²) < 4.78 is 31.9. The molecular weight excluding hydrogens is 202 g/mol. The van der Waals surface area contributed by atoms with Gasteiger partial charge in [-0.25, -0.2) is 0 Å². The van der Waals surface area contributed by atoms with Crippen LogP contribution in [0.2, 0.25) is 0 Å². The molecular formula is AlNaO6Si2. The van der Waals surface area contributed by atoms with Crippen LogP contribution in [0.1, 0.15) is 0 Å². The third kappa shape index (κ3) is 2.52. The van der Waals surface area contributed by atoms with Crippen LogP contribution in [0.15, 0.2) is 0 Å². The molecule has 0 aromatic heterocycles. The number of rotatable bonds is 2. The van der Waals surface area contributed by atoms with Crippen molar-refractivity contribution in [3.63, 3.8) is 0 Å². The van der Waals surface area contributed by atoms with Gasteiger partial charge in [-0.05, 0) is 0 Å². The van der Waals surface area contributed by atoms with E-state index in [-0.39, 0.29) is 29.6 Å². The van der Waals surface area contributed by atoms with Crippen molar-refractivity contribution < 1.29 is 54.3 Å². The van der Waals surface area contributed by atoms with Gasteiger partial charge in [0, 0.05) is 0 Å². The first-order chi connectivity index (χ1) is 4.16. The van der Waals surface area contributed by atoms with Crippen molar-refractivity contribution in [2.24, 2.45) is 0 Å². The second-order valence-electron chi connectivity index (χ2n) is 1.17. The van der Waals surface area contributed by atoms with Crippen LogP contribution >= 0.6 is 0 Å². The Morgan fingerprint density at radius 2 is 2.10 bits per heavy atom. The van der Waals surface area contributed by atoms with E-state index in [0.29, 0.717) is 0 Å². The molecule has 0 bridgehead atoms. The molecule has 1 rings (SSSR count). The molecule has 6 nitrogen and oxygen atoms in total. The first kappa shape index (κ1) is 10.9. The van der Waals surface area contributed by atoms with Crippen LogP contribution in [0.25, 0.3) is 0 Å². The summed E-state index contributed by atoms with van der Waals surface area (Å²) in [7, 11) is -6.43. The summed E-state index contributed by atoms with van der Waals surface area (Å²) in [6.07, 6.45) is 0. The molecule has 0 N–H and O–H groups in total. The van der Waals surface area contributed by atoms with Crippen molar-refractivity contribution in [3.8, 4) is 0 Å². The molecule has 0 unspecified atom stereocenters. The average Bonchev–Trinajstić information content (AvgIpc) is 1.62. The van der Waals surface area contributed by atoms with Gasteiger partial charge in [0.25, 0.3) is 0 Å². The third-order valence-electron chi connectivity index (χ3n) is 0.609. The zero-order valence-corrected chi connectivity index (χ0v) is 10.2. The number of hydrogen-bond donors (Lipinski definition) is 0. The molecule has 0 amide bonds. The first-order valence-electron chi connectivity index (χ1n) is 1.90. The van der Waals surface area contributed by atoms with E-state index in [1.165, 1.54) is 0 Å². The Balaban J connectivity index is 0.000000810. The third-order valence-corrected chi connectivity index (χ3v) is 5.48. The quantitative estimate of drug-likeness (QED) is 0.415. The first-order valence-corrected chi connectivity index (χ1v) is 5.70.